The molecule has 5 nitrogen and oxygen atoms in total. The van der Waals surface area contributed by atoms with Crippen LogP contribution in [-0.2, 0) is 6.54 Å². The molecular formula is C16H22N4O. The molecule has 1 N–H and O–H groups in total. The van der Waals surface area contributed by atoms with Gasteiger partial charge < -0.3 is 4.42 Å². The van der Waals surface area contributed by atoms with Crippen LogP contribution >= 0.6 is 0 Å². The maximum atomic E-state index is 5.73. The number of aromatic amines is 1. The van der Waals surface area contributed by atoms with E-state index in [9.17, 15) is 0 Å². The summed E-state index contributed by atoms with van der Waals surface area (Å²) in [6.45, 7) is 7.76. The molecule has 5 heteroatoms. The van der Waals surface area contributed by atoms with Crippen molar-refractivity contribution in [2.24, 2.45) is 0 Å². The first-order valence-corrected chi connectivity index (χ1v) is 7.85. The van der Waals surface area contributed by atoms with Crippen LogP contribution in [0.15, 0.2) is 22.7 Å². The first kappa shape index (κ1) is 13.1. The summed E-state index contributed by atoms with van der Waals surface area (Å²) in [5.74, 6) is 1.82. The van der Waals surface area contributed by atoms with Gasteiger partial charge in [0.25, 0.3) is 0 Å². The molecule has 2 fully saturated rings. The average Bonchev–Trinajstić information content (AvgIpc) is 3.18. The standard InChI is InChI=1S/C16H22N4O/c1-12-4-5-15(21-12)16-13(9-17-18-16)10-19-7-8-20-6-2-3-14(20)11-19/h4-5,9,14H,2-3,6-8,10-11H2,1H3,(H,17,18). The molecule has 2 aromatic rings. The second-order valence-electron chi connectivity index (χ2n) is 6.25. The molecule has 0 bridgehead atoms. The molecule has 2 aliphatic rings. The van der Waals surface area contributed by atoms with Gasteiger partial charge in [-0.15, -0.1) is 0 Å². The fourth-order valence-electron chi connectivity index (χ4n) is 3.65. The number of fused-ring (bicyclic) bond motifs is 1. The number of rotatable bonds is 3. The lowest BCUT2D eigenvalue weighted by Gasteiger charge is -2.37. The van der Waals surface area contributed by atoms with Crippen LogP contribution in [0.2, 0.25) is 0 Å². The van der Waals surface area contributed by atoms with Gasteiger partial charge in [-0.05, 0) is 38.4 Å². The predicted octanol–water partition coefficient (Wildman–Crippen LogP) is 2.26. The Bertz CT molecular complexity index is 617. The SMILES string of the molecule is Cc1ccc(-c2[nH]ncc2CN2CCN3CCCC3C2)o1. The monoisotopic (exact) mass is 286 g/mol. The van der Waals surface area contributed by atoms with Crippen molar-refractivity contribution < 1.29 is 4.42 Å². The summed E-state index contributed by atoms with van der Waals surface area (Å²) in [5.41, 5.74) is 2.26. The number of nitrogens with one attached hydrogen (secondary N) is 1. The summed E-state index contributed by atoms with van der Waals surface area (Å²) in [5, 5.41) is 7.31. The highest BCUT2D eigenvalue weighted by Crippen LogP contribution is 2.26. The molecule has 4 heterocycles. The fourth-order valence-corrected chi connectivity index (χ4v) is 3.65. The number of hydrogen-bond donors (Lipinski definition) is 1. The fraction of sp³-hybridized carbons (Fsp3) is 0.562. The maximum absolute atomic E-state index is 5.73. The molecule has 112 valence electrons. The van der Waals surface area contributed by atoms with Gasteiger partial charge in [-0.3, -0.25) is 14.9 Å². The molecule has 0 spiro atoms. The first-order valence-electron chi connectivity index (χ1n) is 7.85. The minimum absolute atomic E-state index is 0.764. The second-order valence-corrected chi connectivity index (χ2v) is 6.25. The van der Waals surface area contributed by atoms with Crippen LogP contribution in [0.1, 0.15) is 24.2 Å². The molecule has 2 aliphatic heterocycles. The summed E-state index contributed by atoms with van der Waals surface area (Å²) >= 11 is 0. The summed E-state index contributed by atoms with van der Waals surface area (Å²) in [6, 6.07) is 4.78. The number of hydrogen-bond acceptors (Lipinski definition) is 4. The number of nitrogens with zero attached hydrogens (tertiary/aromatic N) is 3. The zero-order valence-electron chi connectivity index (χ0n) is 12.5. The lowest BCUT2D eigenvalue weighted by Crippen LogP contribution is -2.49. The van der Waals surface area contributed by atoms with E-state index >= 15 is 0 Å². The Morgan fingerprint density at radius 2 is 2.29 bits per heavy atom. The van der Waals surface area contributed by atoms with E-state index in [2.05, 4.69) is 20.0 Å². The Morgan fingerprint density at radius 3 is 3.14 bits per heavy atom. The number of H-pyrrole nitrogens is 1. The molecule has 0 saturated carbocycles. The Labute approximate surface area is 124 Å². The molecule has 0 aliphatic carbocycles. The van der Waals surface area contributed by atoms with Gasteiger partial charge in [0, 0.05) is 37.8 Å². The van der Waals surface area contributed by atoms with Crippen LogP contribution in [0.5, 0.6) is 0 Å². The third-order valence-corrected chi connectivity index (χ3v) is 4.77. The molecule has 1 unspecified atom stereocenters. The number of furan rings is 1. The Hall–Kier alpha value is -1.59. The smallest absolute Gasteiger partial charge is 0.152 e. The van der Waals surface area contributed by atoms with Gasteiger partial charge in [-0.1, -0.05) is 0 Å². The van der Waals surface area contributed by atoms with Gasteiger partial charge in [0.2, 0.25) is 0 Å². The quantitative estimate of drug-likeness (QED) is 0.940. The molecule has 2 aromatic heterocycles. The van der Waals surface area contributed by atoms with Gasteiger partial charge in [0.15, 0.2) is 5.76 Å². The van der Waals surface area contributed by atoms with Crippen LogP contribution < -0.4 is 0 Å². The number of aryl methyl sites for hydroxylation is 1. The van der Waals surface area contributed by atoms with Crippen LogP contribution in [-0.4, -0.2) is 52.2 Å². The third kappa shape index (κ3) is 2.51. The van der Waals surface area contributed by atoms with Crippen molar-refractivity contribution in [2.45, 2.75) is 32.4 Å². The number of piperazine rings is 1. The highest BCUT2D eigenvalue weighted by molar-refractivity contribution is 5.56. The summed E-state index contributed by atoms with van der Waals surface area (Å²) in [4.78, 5) is 5.19. The third-order valence-electron chi connectivity index (χ3n) is 4.77. The van der Waals surface area contributed by atoms with E-state index in [1.165, 1.54) is 38.0 Å². The lowest BCUT2D eigenvalue weighted by atomic mass is 10.1. The summed E-state index contributed by atoms with van der Waals surface area (Å²) in [6.07, 6.45) is 4.65. The van der Waals surface area contributed by atoms with Gasteiger partial charge in [0.05, 0.1) is 6.20 Å². The lowest BCUT2D eigenvalue weighted by molar-refractivity contribution is 0.0995. The highest BCUT2D eigenvalue weighted by atomic mass is 16.3. The van der Waals surface area contributed by atoms with E-state index < -0.39 is 0 Å². The molecular weight excluding hydrogens is 264 g/mol. The van der Waals surface area contributed by atoms with E-state index in [0.29, 0.717) is 0 Å². The van der Waals surface area contributed by atoms with Crippen LogP contribution in [0, 0.1) is 6.92 Å². The van der Waals surface area contributed by atoms with E-state index in [4.69, 9.17) is 4.42 Å². The van der Waals surface area contributed by atoms with Crippen LogP contribution in [0.4, 0.5) is 0 Å². The number of aromatic nitrogens is 2. The van der Waals surface area contributed by atoms with Crippen LogP contribution in [0.3, 0.4) is 0 Å². The van der Waals surface area contributed by atoms with Gasteiger partial charge >= 0.3 is 0 Å². The topological polar surface area (TPSA) is 48.3 Å². The summed E-state index contributed by atoms with van der Waals surface area (Å²) < 4.78 is 5.73. The van der Waals surface area contributed by atoms with Crippen molar-refractivity contribution in [3.05, 3.63) is 29.7 Å². The van der Waals surface area contributed by atoms with E-state index in [-0.39, 0.29) is 0 Å². The predicted molar refractivity (Wildman–Crippen MR) is 80.9 cm³/mol. The van der Waals surface area contributed by atoms with Crippen molar-refractivity contribution >= 4 is 0 Å². The van der Waals surface area contributed by atoms with Crippen molar-refractivity contribution in [2.75, 3.05) is 26.2 Å². The molecule has 2 saturated heterocycles. The normalized spacial score (nSPS) is 23.6. The molecule has 4 rings (SSSR count). The van der Waals surface area contributed by atoms with Crippen LogP contribution in [0.25, 0.3) is 11.5 Å². The van der Waals surface area contributed by atoms with Gasteiger partial charge in [0.1, 0.15) is 11.5 Å². The molecule has 0 radical (unpaired) electrons. The largest absolute Gasteiger partial charge is 0.460 e. The van der Waals surface area contributed by atoms with Crippen molar-refractivity contribution in [1.29, 1.82) is 0 Å². The molecule has 0 amide bonds. The van der Waals surface area contributed by atoms with Gasteiger partial charge in [-0.2, -0.15) is 5.10 Å². The van der Waals surface area contributed by atoms with E-state index in [1.807, 2.05) is 25.3 Å². The Morgan fingerprint density at radius 1 is 1.33 bits per heavy atom. The summed E-state index contributed by atoms with van der Waals surface area (Å²) in [7, 11) is 0. The van der Waals surface area contributed by atoms with Crippen molar-refractivity contribution in [3.8, 4) is 11.5 Å². The minimum atomic E-state index is 0.764. The Kier molecular flexibility index (Phi) is 3.31. The van der Waals surface area contributed by atoms with Crippen molar-refractivity contribution in [3.63, 3.8) is 0 Å². The molecule has 0 aromatic carbocycles. The maximum Gasteiger partial charge on any atom is 0.152 e. The zero-order valence-corrected chi connectivity index (χ0v) is 12.5. The molecule has 1 atom stereocenters. The highest BCUT2D eigenvalue weighted by Gasteiger charge is 2.30. The van der Waals surface area contributed by atoms with Gasteiger partial charge in [-0.25, -0.2) is 0 Å². The van der Waals surface area contributed by atoms with Crippen molar-refractivity contribution in [1.82, 2.24) is 20.0 Å². The van der Waals surface area contributed by atoms with E-state index in [1.54, 1.807) is 0 Å². The molecule has 21 heavy (non-hydrogen) atoms. The first-order chi connectivity index (χ1) is 10.3. The zero-order chi connectivity index (χ0) is 14.2. The average molecular weight is 286 g/mol. The minimum Gasteiger partial charge on any atom is -0.460 e. The van der Waals surface area contributed by atoms with E-state index in [0.717, 1.165) is 36.3 Å². The Balaban J connectivity index is 1.49. The second kappa shape index (κ2) is 5.31.